The van der Waals surface area contributed by atoms with Crippen LogP contribution in [-0.4, -0.2) is 51.0 Å². The number of aliphatic carboxylic acids is 1. The number of fused-ring (bicyclic) bond motifs is 1. The highest BCUT2D eigenvalue weighted by Crippen LogP contribution is 2.21. The number of piperazine rings is 1. The van der Waals surface area contributed by atoms with Gasteiger partial charge in [-0.2, -0.15) is 17.5 Å². The van der Waals surface area contributed by atoms with Gasteiger partial charge in [0.2, 0.25) is 10.0 Å². The SMILES string of the molecule is O=C([O-])C(F)(F)F.O=S(=O)(c1ccc2ccccc2c1)N1CC[NH2+]CC1. The largest absolute Gasteiger partial charge is 0.542 e. The second-order valence-corrected chi connectivity index (χ2v) is 7.50. The molecule has 6 nitrogen and oxygen atoms in total. The molecule has 26 heavy (non-hydrogen) atoms. The molecule has 1 fully saturated rings. The maximum Gasteiger partial charge on any atom is 0.430 e. The number of carbonyl (C=O) groups excluding carboxylic acids is 1. The van der Waals surface area contributed by atoms with Crippen LogP contribution in [0.3, 0.4) is 0 Å². The van der Waals surface area contributed by atoms with Crippen LogP contribution >= 0.6 is 0 Å². The number of hydrogen-bond donors (Lipinski definition) is 1. The van der Waals surface area contributed by atoms with E-state index in [1.165, 1.54) is 0 Å². The Balaban J connectivity index is 0.000000298. The summed E-state index contributed by atoms with van der Waals surface area (Å²) < 4.78 is 58.2. The van der Waals surface area contributed by atoms with Crippen molar-refractivity contribution in [3.63, 3.8) is 0 Å². The van der Waals surface area contributed by atoms with Gasteiger partial charge in [0, 0.05) is 0 Å². The van der Waals surface area contributed by atoms with Gasteiger partial charge in [0.05, 0.1) is 31.1 Å². The molecule has 0 aromatic heterocycles. The van der Waals surface area contributed by atoms with Crippen molar-refractivity contribution >= 4 is 26.8 Å². The number of quaternary nitrogens is 1. The number of nitrogens with zero attached hydrogens (tertiary/aromatic N) is 1. The van der Waals surface area contributed by atoms with Crippen LogP contribution in [0, 0.1) is 0 Å². The van der Waals surface area contributed by atoms with Crippen molar-refractivity contribution in [2.45, 2.75) is 11.1 Å². The van der Waals surface area contributed by atoms with Gasteiger partial charge in [0.25, 0.3) is 0 Å². The molecule has 10 heteroatoms. The summed E-state index contributed by atoms with van der Waals surface area (Å²) in [6.07, 6.45) is -5.19. The second-order valence-electron chi connectivity index (χ2n) is 5.56. The average Bonchev–Trinajstić information content (AvgIpc) is 2.61. The number of sulfonamides is 1. The minimum absolute atomic E-state index is 0.396. The maximum atomic E-state index is 12.5. The van der Waals surface area contributed by atoms with Crippen molar-refractivity contribution in [1.82, 2.24) is 4.31 Å². The molecule has 1 aliphatic rings. The van der Waals surface area contributed by atoms with Crippen molar-refractivity contribution in [3.8, 4) is 0 Å². The van der Waals surface area contributed by atoms with Gasteiger partial charge in [-0.3, -0.25) is 0 Å². The fourth-order valence-corrected chi connectivity index (χ4v) is 3.95. The summed E-state index contributed by atoms with van der Waals surface area (Å²) >= 11 is 0. The van der Waals surface area contributed by atoms with Crippen molar-refractivity contribution in [2.75, 3.05) is 26.2 Å². The highest BCUT2D eigenvalue weighted by atomic mass is 32.2. The fraction of sp³-hybridized carbons (Fsp3) is 0.312. The number of nitrogens with two attached hydrogens (primary N) is 1. The third-order valence-electron chi connectivity index (χ3n) is 3.76. The quantitative estimate of drug-likeness (QED) is 0.762. The Bertz CT molecular complexity index is 878. The smallest absolute Gasteiger partial charge is 0.430 e. The van der Waals surface area contributed by atoms with Gasteiger partial charge in [-0.05, 0) is 22.9 Å². The van der Waals surface area contributed by atoms with Crippen LogP contribution in [0.1, 0.15) is 0 Å². The lowest BCUT2D eigenvalue weighted by atomic mass is 10.1. The summed E-state index contributed by atoms with van der Waals surface area (Å²) in [7, 11) is -3.34. The maximum absolute atomic E-state index is 12.5. The number of carboxylic acids is 1. The number of alkyl halides is 3. The second kappa shape index (κ2) is 8.02. The summed E-state index contributed by atoms with van der Waals surface area (Å²) in [6, 6.07) is 13.2. The summed E-state index contributed by atoms with van der Waals surface area (Å²) in [5, 5.41) is 13.0. The molecule has 0 bridgehead atoms. The summed E-state index contributed by atoms with van der Waals surface area (Å²) in [6.45, 7) is 2.87. The molecule has 2 aromatic carbocycles. The number of benzene rings is 2. The van der Waals surface area contributed by atoms with Gasteiger partial charge in [-0.1, -0.05) is 30.3 Å². The van der Waals surface area contributed by atoms with E-state index in [9.17, 15) is 21.6 Å². The number of rotatable bonds is 2. The standard InChI is InChI=1S/C14H16N2O2S.C2HF3O2/c17-19(18,16-9-7-15-8-10-16)14-6-5-12-3-1-2-4-13(12)11-14;3-2(4,5)1(6)7/h1-6,11,15H,7-10H2;(H,6,7). The molecular weight excluding hydrogens is 373 g/mol. The molecule has 1 heterocycles. The van der Waals surface area contributed by atoms with Crippen LogP contribution in [0.2, 0.25) is 0 Å². The van der Waals surface area contributed by atoms with E-state index in [2.05, 4.69) is 5.32 Å². The fourth-order valence-electron chi connectivity index (χ4n) is 2.44. The summed E-state index contributed by atoms with van der Waals surface area (Å²) in [4.78, 5) is 9.18. The van der Waals surface area contributed by atoms with E-state index in [4.69, 9.17) is 9.90 Å². The van der Waals surface area contributed by atoms with Crippen molar-refractivity contribution in [3.05, 3.63) is 42.5 Å². The van der Waals surface area contributed by atoms with Gasteiger partial charge in [0.1, 0.15) is 5.97 Å². The predicted octanol–water partition coefficient (Wildman–Crippen LogP) is -0.294. The van der Waals surface area contributed by atoms with E-state index >= 15 is 0 Å². The molecule has 1 aliphatic heterocycles. The molecule has 3 rings (SSSR count). The van der Waals surface area contributed by atoms with Crippen LogP contribution in [0.4, 0.5) is 13.2 Å². The van der Waals surface area contributed by atoms with Crippen LogP contribution in [0.25, 0.3) is 10.8 Å². The lowest BCUT2D eigenvalue weighted by Crippen LogP contribution is -2.89. The number of hydrogen-bond acceptors (Lipinski definition) is 4. The Morgan fingerprint density at radius 3 is 2.12 bits per heavy atom. The molecule has 0 amide bonds. The Morgan fingerprint density at radius 1 is 1.04 bits per heavy atom. The van der Waals surface area contributed by atoms with Crippen molar-refractivity contribution in [1.29, 1.82) is 0 Å². The summed E-state index contributed by atoms with van der Waals surface area (Å²) in [5.41, 5.74) is 0. The topological polar surface area (TPSA) is 94.1 Å². The average molecular weight is 390 g/mol. The molecule has 0 saturated carbocycles. The zero-order valence-electron chi connectivity index (χ0n) is 13.6. The molecular formula is C16H17F3N2O4S. The Labute approximate surface area is 148 Å². The van der Waals surface area contributed by atoms with Crippen molar-refractivity contribution in [2.24, 2.45) is 0 Å². The highest BCUT2D eigenvalue weighted by molar-refractivity contribution is 7.89. The zero-order chi connectivity index (χ0) is 19.4. The van der Waals surface area contributed by atoms with Crippen LogP contribution in [0.15, 0.2) is 47.4 Å². The molecule has 0 radical (unpaired) electrons. The Kier molecular flexibility index (Phi) is 6.21. The monoisotopic (exact) mass is 390 g/mol. The van der Waals surface area contributed by atoms with Crippen LogP contribution in [-0.2, 0) is 14.8 Å². The first-order chi connectivity index (χ1) is 12.1. The first kappa shape index (κ1) is 20.1. The minimum Gasteiger partial charge on any atom is -0.542 e. The van der Waals surface area contributed by atoms with Gasteiger partial charge in [-0.15, -0.1) is 0 Å². The predicted molar refractivity (Wildman–Crippen MR) is 85.4 cm³/mol. The van der Waals surface area contributed by atoms with Gasteiger partial charge < -0.3 is 15.2 Å². The molecule has 0 aliphatic carbocycles. The molecule has 142 valence electrons. The number of carbonyl (C=O) groups is 1. The van der Waals surface area contributed by atoms with E-state index in [-0.39, 0.29) is 0 Å². The lowest BCUT2D eigenvalue weighted by molar-refractivity contribution is -0.661. The van der Waals surface area contributed by atoms with E-state index in [1.54, 1.807) is 16.4 Å². The van der Waals surface area contributed by atoms with E-state index in [1.807, 2.05) is 30.3 Å². The van der Waals surface area contributed by atoms with Crippen LogP contribution < -0.4 is 10.4 Å². The van der Waals surface area contributed by atoms with Gasteiger partial charge >= 0.3 is 6.18 Å². The van der Waals surface area contributed by atoms with E-state index in [0.29, 0.717) is 18.0 Å². The van der Waals surface area contributed by atoms with Gasteiger partial charge in [-0.25, -0.2) is 8.42 Å². The molecule has 2 aromatic rings. The van der Waals surface area contributed by atoms with E-state index < -0.39 is 22.2 Å². The van der Waals surface area contributed by atoms with E-state index in [0.717, 1.165) is 23.9 Å². The molecule has 0 atom stereocenters. The first-order valence-electron chi connectivity index (χ1n) is 7.71. The third kappa shape index (κ3) is 4.93. The zero-order valence-corrected chi connectivity index (χ0v) is 14.4. The number of halogens is 3. The molecule has 0 unspecified atom stereocenters. The lowest BCUT2D eigenvalue weighted by Gasteiger charge is -2.24. The molecule has 2 N–H and O–H groups in total. The van der Waals surface area contributed by atoms with Crippen LogP contribution in [0.5, 0.6) is 0 Å². The Hall–Kier alpha value is -2.17. The third-order valence-corrected chi connectivity index (χ3v) is 5.65. The molecule has 1 saturated heterocycles. The normalized spacial score (nSPS) is 16.0. The van der Waals surface area contributed by atoms with Gasteiger partial charge in [0.15, 0.2) is 0 Å². The number of carboxylic acid groups (broad SMARTS) is 1. The molecule has 0 spiro atoms. The first-order valence-corrected chi connectivity index (χ1v) is 9.15. The highest BCUT2D eigenvalue weighted by Gasteiger charge is 2.29. The van der Waals surface area contributed by atoms with Crippen molar-refractivity contribution < 1.29 is 36.8 Å². The minimum atomic E-state index is -5.19. The Morgan fingerprint density at radius 2 is 1.58 bits per heavy atom. The summed E-state index contributed by atoms with van der Waals surface area (Å²) in [5.74, 6) is -3.01.